The van der Waals surface area contributed by atoms with E-state index in [1.54, 1.807) is 6.07 Å². The highest BCUT2D eigenvalue weighted by molar-refractivity contribution is 5.47. The minimum Gasteiger partial charge on any atom is -0.398 e. The van der Waals surface area contributed by atoms with Crippen LogP contribution in [0.3, 0.4) is 0 Å². The van der Waals surface area contributed by atoms with Crippen LogP contribution >= 0.6 is 0 Å². The fourth-order valence-electron chi connectivity index (χ4n) is 1.40. The molecule has 0 fully saturated rings. The monoisotopic (exact) mass is 219 g/mol. The summed E-state index contributed by atoms with van der Waals surface area (Å²) in [5, 5.41) is 3.84. The number of nitrogen functional groups attached to an aromatic ring is 1. The van der Waals surface area contributed by atoms with Gasteiger partial charge in [0.15, 0.2) is 0 Å². The van der Waals surface area contributed by atoms with Gasteiger partial charge in [0.1, 0.15) is 5.82 Å². The third-order valence-electron chi connectivity index (χ3n) is 2.25. The fraction of sp³-hybridized carbons (Fsp3) is 0.0909. The highest BCUT2D eigenvalue weighted by Gasteiger charge is 2.07. The Hall–Kier alpha value is -2.17. The second-order valence-corrected chi connectivity index (χ2v) is 3.33. The third-order valence-corrected chi connectivity index (χ3v) is 2.25. The van der Waals surface area contributed by atoms with Gasteiger partial charge in [0.2, 0.25) is 0 Å². The van der Waals surface area contributed by atoms with Gasteiger partial charge in [-0.3, -0.25) is 4.79 Å². The molecule has 0 spiro atoms. The predicted octanol–water partition coefficient (Wildman–Crippen LogP) is 1.01. The zero-order valence-electron chi connectivity index (χ0n) is 8.43. The van der Waals surface area contributed by atoms with Crippen LogP contribution in [0.5, 0.6) is 0 Å². The van der Waals surface area contributed by atoms with E-state index in [-0.39, 0.29) is 17.7 Å². The summed E-state index contributed by atoms with van der Waals surface area (Å²) in [6.07, 6.45) is 1.47. The SMILES string of the molecule is Nc1cccc(F)c1Cn1ncccc1=O. The van der Waals surface area contributed by atoms with Crippen molar-refractivity contribution in [1.29, 1.82) is 0 Å². The highest BCUT2D eigenvalue weighted by Crippen LogP contribution is 2.15. The summed E-state index contributed by atoms with van der Waals surface area (Å²) in [6, 6.07) is 7.31. The van der Waals surface area contributed by atoms with Crippen LogP contribution in [-0.2, 0) is 6.54 Å². The van der Waals surface area contributed by atoms with E-state index in [1.807, 2.05) is 0 Å². The molecule has 0 amide bonds. The number of rotatable bonds is 2. The second kappa shape index (κ2) is 4.14. The van der Waals surface area contributed by atoms with Crippen LogP contribution in [0.15, 0.2) is 41.3 Å². The molecule has 4 nitrogen and oxygen atoms in total. The third kappa shape index (κ3) is 1.93. The number of aromatic nitrogens is 2. The van der Waals surface area contributed by atoms with E-state index in [0.717, 1.165) is 4.68 Å². The zero-order valence-corrected chi connectivity index (χ0v) is 8.43. The molecule has 82 valence electrons. The van der Waals surface area contributed by atoms with Crippen molar-refractivity contribution in [2.24, 2.45) is 0 Å². The molecule has 0 radical (unpaired) electrons. The molecule has 1 aromatic carbocycles. The number of nitrogens with zero attached hydrogens (tertiary/aromatic N) is 2. The molecule has 16 heavy (non-hydrogen) atoms. The van der Waals surface area contributed by atoms with Crippen molar-refractivity contribution in [2.45, 2.75) is 6.54 Å². The maximum Gasteiger partial charge on any atom is 0.267 e. The summed E-state index contributed by atoms with van der Waals surface area (Å²) < 4.78 is 14.6. The van der Waals surface area contributed by atoms with E-state index in [4.69, 9.17) is 5.73 Å². The molecule has 0 atom stereocenters. The number of nitrogens with two attached hydrogens (primary N) is 1. The number of hydrogen-bond acceptors (Lipinski definition) is 3. The molecule has 0 aliphatic heterocycles. The smallest absolute Gasteiger partial charge is 0.267 e. The minimum atomic E-state index is -0.433. The molecule has 0 aliphatic carbocycles. The Morgan fingerprint density at radius 3 is 2.81 bits per heavy atom. The molecule has 0 saturated carbocycles. The molecular formula is C11H10FN3O. The van der Waals surface area contributed by atoms with Crippen molar-refractivity contribution in [3.63, 3.8) is 0 Å². The first-order valence-corrected chi connectivity index (χ1v) is 4.73. The van der Waals surface area contributed by atoms with E-state index in [9.17, 15) is 9.18 Å². The average molecular weight is 219 g/mol. The summed E-state index contributed by atoms with van der Waals surface area (Å²) in [6.45, 7) is 0.0399. The summed E-state index contributed by atoms with van der Waals surface area (Å²) in [5.74, 6) is -0.433. The molecular weight excluding hydrogens is 209 g/mol. The topological polar surface area (TPSA) is 60.9 Å². The lowest BCUT2D eigenvalue weighted by Gasteiger charge is -2.07. The van der Waals surface area contributed by atoms with Gasteiger partial charge in [-0.15, -0.1) is 0 Å². The Morgan fingerprint density at radius 2 is 2.12 bits per heavy atom. The van der Waals surface area contributed by atoms with Crippen LogP contribution in [0, 0.1) is 5.82 Å². The van der Waals surface area contributed by atoms with Crippen molar-refractivity contribution in [3.05, 3.63) is 58.3 Å². The van der Waals surface area contributed by atoms with Crippen LogP contribution in [0.4, 0.5) is 10.1 Å². The number of hydrogen-bond donors (Lipinski definition) is 1. The lowest BCUT2D eigenvalue weighted by atomic mass is 10.1. The normalized spacial score (nSPS) is 10.3. The van der Waals surface area contributed by atoms with Crippen LogP contribution in [0.1, 0.15) is 5.56 Å². The summed E-state index contributed by atoms with van der Waals surface area (Å²) >= 11 is 0. The van der Waals surface area contributed by atoms with Gasteiger partial charge in [-0.1, -0.05) is 6.07 Å². The molecule has 0 aliphatic rings. The minimum absolute atomic E-state index is 0.0399. The number of halogens is 1. The molecule has 0 unspecified atom stereocenters. The van der Waals surface area contributed by atoms with Crippen molar-refractivity contribution in [3.8, 4) is 0 Å². The maximum atomic E-state index is 13.4. The molecule has 2 rings (SSSR count). The maximum absolute atomic E-state index is 13.4. The Morgan fingerprint density at radius 1 is 1.31 bits per heavy atom. The summed E-state index contributed by atoms with van der Waals surface area (Å²) in [7, 11) is 0. The van der Waals surface area contributed by atoms with E-state index >= 15 is 0 Å². The van der Waals surface area contributed by atoms with Crippen LogP contribution in [0.2, 0.25) is 0 Å². The van der Waals surface area contributed by atoms with Crippen LogP contribution < -0.4 is 11.3 Å². The van der Waals surface area contributed by atoms with E-state index < -0.39 is 5.82 Å². The van der Waals surface area contributed by atoms with Gasteiger partial charge in [-0.25, -0.2) is 9.07 Å². The predicted molar refractivity (Wildman–Crippen MR) is 58.4 cm³/mol. The summed E-state index contributed by atoms with van der Waals surface area (Å²) in [4.78, 5) is 11.4. The van der Waals surface area contributed by atoms with Gasteiger partial charge >= 0.3 is 0 Å². The Labute approximate surface area is 91.1 Å². The van der Waals surface area contributed by atoms with Crippen LogP contribution in [-0.4, -0.2) is 9.78 Å². The van der Waals surface area contributed by atoms with Crippen molar-refractivity contribution in [2.75, 3.05) is 5.73 Å². The lowest BCUT2D eigenvalue weighted by molar-refractivity contribution is 0.574. The molecule has 5 heteroatoms. The lowest BCUT2D eigenvalue weighted by Crippen LogP contribution is -2.22. The Kier molecular flexibility index (Phi) is 2.68. The van der Waals surface area contributed by atoms with Crippen molar-refractivity contribution in [1.82, 2.24) is 9.78 Å². The standard InChI is InChI=1S/C11H10FN3O/c12-9-3-1-4-10(13)8(9)7-15-11(16)5-2-6-14-15/h1-6H,7,13H2. The van der Waals surface area contributed by atoms with Crippen molar-refractivity contribution < 1.29 is 4.39 Å². The quantitative estimate of drug-likeness (QED) is 0.767. The Balaban J connectivity index is 2.42. The first-order valence-electron chi connectivity index (χ1n) is 4.73. The van der Waals surface area contributed by atoms with Gasteiger partial charge in [-0.2, -0.15) is 5.10 Å². The van der Waals surface area contributed by atoms with Gasteiger partial charge < -0.3 is 5.73 Å². The van der Waals surface area contributed by atoms with E-state index in [2.05, 4.69) is 5.10 Å². The highest BCUT2D eigenvalue weighted by atomic mass is 19.1. The largest absolute Gasteiger partial charge is 0.398 e. The molecule has 2 N–H and O–H groups in total. The molecule has 1 aromatic heterocycles. The summed E-state index contributed by atoms with van der Waals surface area (Å²) in [5.41, 5.74) is 5.95. The van der Waals surface area contributed by atoms with Crippen molar-refractivity contribution >= 4 is 5.69 Å². The molecule has 1 heterocycles. The zero-order chi connectivity index (χ0) is 11.5. The number of anilines is 1. The number of benzene rings is 1. The van der Waals surface area contributed by atoms with Gasteiger partial charge in [-0.05, 0) is 18.2 Å². The average Bonchev–Trinajstić information content (AvgIpc) is 2.26. The first-order chi connectivity index (χ1) is 7.68. The molecule has 2 aromatic rings. The van der Waals surface area contributed by atoms with E-state index in [0.29, 0.717) is 5.69 Å². The van der Waals surface area contributed by atoms with E-state index in [1.165, 1.54) is 30.5 Å². The van der Waals surface area contributed by atoms with Gasteiger partial charge in [0, 0.05) is 23.5 Å². The van der Waals surface area contributed by atoms with Crippen LogP contribution in [0.25, 0.3) is 0 Å². The Bertz CT molecular complexity index is 545. The van der Waals surface area contributed by atoms with Gasteiger partial charge in [0.25, 0.3) is 5.56 Å². The van der Waals surface area contributed by atoms with Gasteiger partial charge in [0.05, 0.1) is 6.54 Å². The molecule has 0 saturated heterocycles. The molecule has 0 bridgehead atoms. The second-order valence-electron chi connectivity index (χ2n) is 3.33. The first kappa shape index (κ1) is 10.4. The fourth-order valence-corrected chi connectivity index (χ4v) is 1.40.